The standard InChI is InChI=1S/C23H26N2O/c1-16-14-23(2,3)25(4)21-13-22(26-5)18(12-20(16)21)11-19(15-24)17-9-7-6-8-10-17/h6-13,16H,14H2,1-5H3/b19-11-. The maximum atomic E-state index is 9.64. The van der Waals surface area contributed by atoms with Crippen molar-refractivity contribution >= 4 is 17.3 Å². The molecular formula is C23H26N2O. The maximum absolute atomic E-state index is 9.64. The molecule has 0 bridgehead atoms. The lowest BCUT2D eigenvalue weighted by Crippen LogP contribution is -2.45. The first-order chi connectivity index (χ1) is 12.4. The molecule has 1 aliphatic heterocycles. The van der Waals surface area contributed by atoms with Gasteiger partial charge in [-0.3, -0.25) is 0 Å². The SMILES string of the molecule is COc1cc2c(cc1/C=C(/C#N)c1ccccc1)C(C)CC(C)(C)N2C. The Hall–Kier alpha value is -2.73. The van der Waals surface area contributed by atoms with Gasteiger partial charge in [-0.1, -0.05) is 37.3 Å². The predicted molar refractivity (Wildman–Crippen MR) is 108 cm³/mol. The van der Waals surface area contributed by atoms with Crippen LogP contribution >= 0.6 is 0 Å². The number of rotatable bonds is 3. The van der Waals surface area contributed by atoms with Crippen molar-refractivity contribution in [2.75, 3.05) is 19.1 Å². The summed E-state index contributed by atoms with van der Waals surface area (Å²) in [5.41, 5.74) is 5.13. The van der Waals surface area contributed by atoms with Gasteiger partial charge in [0.05, 0.1) is 18.8 Å². The van der Waals surface area contributed by atoms with Gasteiger partial charge in [0, 0.05) is 29.9 Å². The minimum absolute atomic E-state index is 0.108. The van der Waals surface area contributed by atoms with Crippen LogP contribution in [0.5, 0.6) is 5.75 Å². The third-order valence-electron chi connectivity index (χ3n) is 5.49. The van der Waals surface area contributed by atoms with Crippen molar-refractivity contribution in [3.05, 3.63) is 59.2 Å². The normalized spacial score (nSPS) is 18.8. The molecule has 0 N–H and O–H groups in total. The fraction of sp³-hybridized carbons (Fsp3) is 0.348. The van der Waals surface area contributed by atoms with Crippen molar-refractivity contribution in [1.82, 2.24) is 0 Å². The van der Waals surface area contributed by atoms with Crippen LogP contribution < -0.4 is 9.64 Å². The molecular weight excluding hydrogens is 320 g/mol. The number of nitriles is 1. The van der Waals surface area contributed by atoms with Gasteiger partial charge in [0.1, 0.15) is 5.75 Å². The number of allylic oxidation sites excluding steroid dienone is 1. The van der Waals surface area contributed by atoms with E-state index in [9.17, 15) is 5.26 Å². The lowest BCUT2D eigenvalue weighted by atomic mass is 9.79. The summed E-state index contributed by atoms with van der Waals surface area (Å²) < 4.78 is 5.66. The zero-order valence-corrected chi connectivity index (χ0v) is 16.2. The number of hydrogen-bond acceptors (Lipinski definition) is 3. The van der Waals surface area contributed by atoms with Gasteiger partial charge in [-0.25, -0.2) is 0 Å². The van der Waals surface area contributed by atoms with E-state index in [-0.39, 0.29) is 5.54 Å². The molecule has 134 valence electrons. The van der Waals surface area contributed by atoms with Gasteiger partial charge in [0.25, 0.3) is 0 Å². The molecule has 3 nitrogen and oxygen atoms in total. The summed E-state index contributed by atoms with van der Waals surface area (Å²) in [6, 6.07) is 16.4. The zero-order valence-electron chi connectivity index (χ0n) is 16.2. The molecule has 0 aromatic heterocycles. The molecule has 0 spiro atoms. The summed E-state index contributed by atoms with van der Waals surface area (Å²) in [6.07, 6.45) is 3.02. The van der Waals surface area contributed by atoms with E-state index in [1.54, 1.807) is 7.11 Å². The van der Waals surface area contributed by atoms with E-state index in [4.69, 9.17) is 4.74 Å². The summed E-state index contributed by atoms with van der Waals surface area (Å²) in [4.78, 5) is 2.33. The average molecular weight is 346 g/mol. The van der Waals surface area contributed by atoms with Crippen LogP contribution in [0.15, 0.2) is 42.5 Å². The van der Waals surface area contributed by atoms with Gasteiger partial charge in [0.2, 0.25) is 0 Å². The van der Waals surface area contributed by atoms with Crippen LogP contribution in [0.1, 0.15) is 49.8 Å². The number of anilines is 1. The molecule has 1 unspecified atom stereocenters. The van der Waals surface area contributed by atoms with Crippen molar-refractivity contribution in [2.45, 2.75) is 38.6 Å². The van der Waals surface area contributed by atoms with Gasteiger partial charge in [-0.15, -0.1) is 0 Å². The minimum Gasteiger partial charge on any atom is -0.496 e. The number of benzene rings is 2. The molecule has 1 atom stereocenters. The Balaban J connectivity index is 2.14. The van der Waals surface area contributed by atoms with Gasteiger partial charge >= 0.3 is 0 Å². The van der Waals surface area contributed by atoms with Crippen LogP contribution in [0.2, 0.25) is 0 Å². The van der Waals surface area contributed by atoms with Gasteiger partial charge in [-0.2, -0.15) is 5.26 Å². The smallest absolute Gasteiger partial charge is 0.128 e. The number of fused-ring (bicyclic) bond motifs is 1. The van der Waals surface area contributed by atoms with E-state index in [1.807, 2.05) is 36.4 Å². The molecule has 2 aromatic rings. The Labute approximate surface area is 156 Å². The summed E-state index contributed by atoms with van der Waals surface area (Å²) >= 11 is 0. The quantitative estimate of drug-likeness (QED) is 0.545. The van der Waals surface area contributed by atoms with Crippen molar-refractivity contribution in [2.24, 2.45) is 0 Å². The highest BCUT2D eigenvalue weighted by Crippen LogP contribution is 2.45. The first kappa shape index (κ1) is 18.1. The average Bonchev–Trinajstić information content (AvgIpc) is 2.64. The molecule has 2 aromatic carbocycles. The van der Waals surface area contributed by atoms with Crippen molar-refractivity contribution < 1.29 is 4.74 Å². The highest BCUT2D eigenvalue weighted by molar-refractivity contribution is 5.91. The molecule has 0 radical (unpaired) electrons. The first-order valence-corrected chi connectivity index (χ1v) is 9.00. The minimum atomic E-state index is 0.108. The van der Waals surface area contributed by atoms with Crippen molar-refractivity contribution in [3.8, 4) is 11.8 Å². The monoisotopic (exact) mass is 346 g/mol. The molecule has 1 heterocycles. The second kappa shape index (κ2) is 6.88. The number of ether oxygens (including phenoxy) is 1. The van der Waals surface area contributed by atoms with Crippen LogP contribution in [0.25, 0.3) is 11.6 Å². The van der Waals surface area contributed by atoms with Crippen LogP contribution in [-0.2, 0) is 0 Å². The number of nitrogens with zero attached hydrogens (tertiary/aromatic N) is 2. The molecule has 1 aliphatic rings. The van der Waals surface area contributed by atoms with E-state index in [2.05, 4.69) is 50.9 Å². The zero-order chi connectivity index (χ0) is 18.9. The highest BCUT2D eigenvalue weighted by atomic mass is 16.5. The molecule has 0 saturated carbocycles. The summed E-state index contributed by atoms with van der Waals surface area (Å²) in [5, 5.41) is 9.64. The fourth-order valence-corrected chi connectivity index (χ4v) is 3.85. The lowest BCUT2D eigenvalue weighted by molar-refractivity contribution is 0.389. The number of hydrogen-bond donors (Lipinski definition) is 0. The fourth-order valence-electron chi connectivity index (χ4n) is 3.85. The molecule has 0 amide bonds. The molecule has 3 rings (SSSR count). The van der Waals surface area contributed by atoms with Crippen molar-refractivity contribution in [3.63, 3.8) is 0 Å². The van der Waals surface area contributed by atoms with E-state index in [1.165, 1.54) is 11.3 Å². The van der Waals surface area contributed by atoms with E-state index in [0.29, 0.717) is 11.5 Å². The largest absolute Gasteiger partial charge is 0.496 e. The Bertz CT molecular complexity index is 875. The molecule has 0 aliphatic carbocycles. The van der Waals surface area contributed by atoms with E-state index < -0.39 is 0 Å². The van der Waals surface area contributed by atoms with Gasteiger partial charge < -0.3 is 9.64 Å². The van der Waals surface area contributed by atoms with Crippen LogP contribution in [0.4, 0.5) is 5.69 Å². The van der Waals surface area contributed by atoms with Crippen molar-refractivity contribution in [1.29, 1.82) is 5.26 Å². The Morgan fingerprint density at radius 2 is 1.96 bits per heavy atom. The third-order valence-corrected chi connectivity index (χ3v) is 5.49. The van der Waals surface area contributed by atoms with Crippen LogP contribution in [0.3, 0.4) is 0 Å². The second-order valence-electron chi connectivity index (χ2n) is 7.67. The molecule has 0 saturated heterocycles. The predicted octanol–water partition coefficient (Wildman–Crippen LogP) is 5.48. The summed E-state index contributed by atoms with van der Waals surface area (Å²) in [6.45, 7) is 6.82. The third kappa shape index (κ3) is 3.20. The topological polar surface area (TPSA) is 36.3 Å². The van der Waals surface area contributed by atoms with Gasteiger partial charge in [-0.05, 0) is 49.5 Å². The summed E-state index contributed by atoms with van der Waals surface area (Å²) in [5.74, 6) is 1.25. The Morgan fingerprint density at radius 3 is 2.58 bits per heavy atom. The first-order valence-electron chi connectivity index (χ1n) is 9.00. The van der Waals surface area contributed by atoms with E-state index >= 15 is 0 Å². The molecule has 0 fully saturated rings. The summed E-state index contributed by atoms with van der Waals surface area (Å²) in [7, 11) is 3.83. The van der Waals surface area contributed by atoms with E-state index in [0.717, 1.165) is 23.3 Å². The molecule has 3 heteroatoms. The maximum Gasteiger partial charge on any atom is 0.128 e. The second-order valence-corrected chi connectivity index (χ2v) is 7.67. The Morgan fingerprint density at radius 1 is 1.27 bits per heavy atom. The lowest BCUT2D eigenvalue weighted by Gasteiger charge is -2.45. The molecule has 26 heavy (non-hydrogen) atoms. The Kier molecular flexibility index (Phi) is 4.78. The van der Waals surface area contributed by atoms with Gasteiger partial charge in [0.15, 0.2) is 0 Å². The van der Waals surface area contributed by atoms with Crippen LogP contribution in [-0.4, -0.2) is 19.7 Å². The highest BCUT2D eigenvalue weighted by Gasteiger charge is 2.34. The number of methoxy groups -OCH3 is 1. The van der Waals surface area contributed by atoms with Crippen LogP contribution in [0, 0.1) is 11.3 Å².